The molecule has 4 aromatic rings. The molecule has 200 valence electrons. The van der Waals surface area contributed by atoms with Gasteiger partial charge < -0.3 is 21.1 Å². The number of nitrogens with zero attached hydrogens (tertiary/aromatic N) is 3. The number of nitrogens with two attached hydrogens (primary N) is 1. The van der Waals surface area contributed by atoms with Gasteiger partial charge in [-0.25, -0.2) is 9.97 Å². The molecule has 8 nitrogen and oxygen atoms in total. The fourth-order valence-electron chi connectivity index (χ4n) is 4.58. The van der Waals surface area contributed by atoms with Gasteiger partial charge in [0, 0.05) is 29.9 Å². The van der Waals surface area contributed by atoms with Gasteiger partial charge in [-0.15, -0.1) is 0 Å². The first-order valence-corrected chi connectivity index (χ1v) is 12.2. The highest BCUT2D eigenvalue weighted by Gasteiger charge is 2.32. The van der Waals surface area contributed by atoms with E-state index < -0.39 is 23.6 Å². The molecule has 1 aromatic heterocycles. The zero-order valence-electron chi connectivity index (χ0n) is 20.6. The summed E-state index contributed by atoms with van der Waals surface area (Å²) in [6, 6.07) is 17.4. The van der Waals surface area contributed by atoms with Crippen LogP contribution in [0.5, 0.6) is 0 Å². The van der Waals surface area contributed by atoms with Gasteiger partial charge in [0.05, 0.1) is 22.7 Å². The topological polar surface area (TPSA) is 121 Å². The minimum absolute atomic E-state index is 0.0133. The van der Waals surface area contributed by atoms with Gasteiger partial charge >= 0.3 is 12.1 Å². The number of aliphatic carboxylic acids is 1. The van der Waals surface area contributed by atoms with Crippen molar-refractivity contribution in [2.45, 2.75) is 19.0 Å². The number of alkyl halides is 3. The number of hydrogen-bond acceptors (Lipinski definition) is 6. The predicted octanol–water partition coefficient (Wildman–Crippen LogP) is 5.58. The zero-order valence-corrected chi connectivity index (χ0v) is 20.6. The number of likely N-dealkylation sites (tertiary alicyclic amines) is 1. The Kier molecular flexibility index (Phi) is 6.81. The molecule has 0 bridgehead atoms. The SMILES string of the molecule is Nc1cc(C(F)(F)F)cc2nc(-c3ccccc3)c(Nc3ccc(C(=O)N4CCC(C(=O)O)CC4)cc3)nc12. The fourth-order valence-corrected chi connectivity index (χ4v) is 4.58. The van der Waals surface area contributed by atoms with Crippen LogP contribution in [-0.4, -0.2) is 44.9 Å². The predicted molar refractivity (Wildman–Crippen MR) is 140 cm³/mol. The van der Waals surface area contributed by atoms with Crippen molar-refractivity contribution in [2.24, 2.45) is 5.92 Å². The van der Waals surface area contributed by atoms with Crippen LogP contribution in [-0.2, 0) is 11.0 Å². The number of nitrogen functional groups attached to an aromatic ring is 1. The first-order valence-electron chi connectivity index (χ1n) is 12.2. The lowest BCUT2D eigenvalue weighted by Gasteiger charge is -2.30. The lowest BCUT2D eigenvalue weighted by molar-refractivity contribution is -0.143. The lowest BCUT2D eigenvalue weighted by atomic mass is 9.96. The second-order valence-electron chi connectivity index (χ2n) is 9.32. The number of anilines is 3. The molecule has 4 N–H and O–H groups in total. The Morgan fingerprint density at radius 2 is 1.64 bits per heavy atom. The van der Waals surface area contributed by atoms with Crippen molar-refractivity contribution in [3.8, 4) is 11.3 Å². The summed E-state index contributed by atoms with van der Waals surface area (Å²) in [4.78, 5) is 34.8. The average Bonchev–Trinajstić information content (AvgIpc) is 2.93. The third kappa shape index (κ3) is 5.47. The van der Waals surface area contributed by atoms with E-state index >= 15 is 0 Å². The van der Waals surface area contributed by atoms with Gasteiger partial charge in [0.15, 0.2) is 5.82 Å². The van der Waals surface area contributed by atoms with Crippen LogP contribution in [0.25, 0.3) is 22.3 Å². The number of rotatable bonds is 5. The van der Waals surface area contributed by atoms with Crippen molar-refractivity contribution in [3.63, 3.8) is 0 Å². The molecule has 1 saturated heterocycles. The van der Waals surface area contributed by atoms with Crippen LogP contribution in [0.4, 0.5) is 30.4 Å². The number of hydrogen-bond donors (Lipinski definition) is 3. The van der Waals surface area contributed by atoms with Crippen molar-refractivity contribution in [3.05, 3.63) is 77.9 Å². The van der Waals surface area contributed by atoms with Crippen LogP contribution in [0.3, 0.4) is 0 Å². The number of nitrogens with one attached hydrogen (secondary N) is 1. The number of benzene rings is 3. The lowest BCUT2D eigenvalue weighted by Crippen LogP contribution is -2.40. The summed E-state index contributed by atoms with van der Waals surface area (Å²) in [5.41, 5.74) is 7.03. The molecular formula is C28H24F3N5O3. The molecule has 11 heteroatoms. The molecule has 2 heterocycles. The summed E-state index contributed by atoms with van der Waals surface area (Å²) in [5.74, 6) is -1.17. The molecule has 0 unspecified atom stereocenters. The van der Waals surface area contributed by atoms with Gasteiger partial charge in [-0.05, 0) is 49.2 Å². The zero-order chi connectivity index (χ0) is 27.7. The summed E-state index contributed by atoms with van der Waals surface area (Å²) < 4.78 is 40.1. The van der Waals surface area contributed by atoms with E-state index in [9.17, 15) is 22.8 Å². The molecule has 0 aliphatic carbocycles. The molecule has 1 fully saturated rings. The number of amides is 1. The molecule has 3 aromatic carbocycles. The van der Waals surface area contributed by atoms with Crippen molar-refractivity contribution in [2.75, 3.05) is 24.1 Å². The van der Waals surface area contributed by atoms with Crippen LogP contribution >= 0.6 is 0 Å². The van der Waals surface area contributed by atoms with Crippen LogP contribution in [0, 0.1) is 5.92 Å². The third-order valence-corrected chi connectivity index (χ3v) is 6.70. The molecule has 5 rings (SSSR count). The van der Waals surface area contributed by atoms with E-state index in [4.69, 9.17) is 10.8 Å². The van der Waals surface area contributed by atoms with Crippen LogP contribution in [0.2, 0.25) is 0 Å². The Morgan fingerprint density at radius 1 is 0.974 bits per heavy atom. The van der Waals surface area contributed by atoms with E-state index in [0.29, 0.717) is 48.4 Å². The third-order valence-electron chi connectivity index (χ3n) is 6.70. The van der Waals surface area contributed by atoms with E-state index in [2.05, 4.69) is 15.3 Å². The molecule has 1 amide bonds. The van der Waals surface area contributed by atoms with Crippen LogP contribution < -0.4 is 11.1 Å². The Bertz CT molecular complexity index is 1530. The first kappa shape index (κ1) is 26.0. The summed E-state index contributed by atoms with van der Waals surface area (Å²) in [6.45, 7) is 0.751. The van der Waals surface area contributed by atoms with Gasteiger partial charge in [0.1, 0.15) is 11.2 Å². The van der Waals surface area contributed by atoms with E-state index in [-0.39, 0.29) is 28.4 Å². The van der Waals surface area contributed by atoms with Gasteiger partial charge in [-0.1, -0.05) is 30.3 Å². The number of carbonyl (C=O) groups is 2. The summed E-state index contributed by atoms with van der Waals surface area (Å²) >= 11 is 0. The minimum Gasteiger partial charge on any atom is -0.481 e. The van der Waals surface area contributed by atoms with E-state index in [1.54, 1.807) is 53.4 Å². The Labute approximate surface area is 221 Å². The molecule has 1 aliphatic heterocycles. The highest BCUT2D eigenvalue weighted by atomic mass is 19.4. The second kappa shape index (κ2) is 10.2. The summed E-state index contributed by atoms with van der Waals surface area (Å²) in [6.07, 6.45) is -3.76. The number of carbonyl (C=O) groups excluding carboxylic acids is 1. The maximum atomic E-state index is 13.4. The number of carboxylic acid groups (broad SMARTS) is 1. The van der Waals surface area contributed by atoms with Crippen LogP contribution in [0.15, 0.2) is 66.7 Å². The number of carboxylic acids is 1. The highest BCUT2D eigenvalue weighted by molar-refractivity contribution is 5.95. The quantitative estimate of drug-likeness (QED) is 0.285. The Balaban J connectivity index is 1.44. The highest BCUT2D eigenvalue weighted by Crippen LogP contribution is 2.36. The first-order chi connectivity index (χ1) is 18.6. The molecular weight excluding hydrogens is 511 g/mol. The smallest absolute Gasteiger partial charge is 0.416 e. The standard InChI is InChI=1S/C28H24F3N5O3/c29-28(30,31)19-14-21(32)24-22(15-19)34-23(16-4-2-1-3-5-16)25(35-24)33-20-8-6-17(7-9-20)26(37)36-12-10-18(11-13-36)27(38)39/h1-9,14-15,18H,10-13,32H2,(H,33,35)(H,38,39). The van der Waals surface area contributed by atoms with Crippen LogP contribution in [0.1, 0.15) is 28.8 Å². The van der Waals surface area contributed by atoms with Gasteiger partial charge in [-0.2, -0.15) is 13.2 Å². The van der Waals surface area contributed by atoms with Crippen molar-refractivity contribution in [1.82, 2.24) is 14.9 Å². The molecule has 0 saturated carbocycles. The van der Waals surface area contributed by atoms with E-state index in [1.807, 2.05) is 6.07 Å². The van der Waals surface area contributed by atoms with Gasteiger partial charge in [0.25, 0.3) is 5.91 Å². The fraction of sp³-hybridized carbons (Fsp3) is 0.214. The molecule has 0 spiro atoms. The summed E-state index contributed by atoms with van der Waals surface area (Å²) in [7, 11) is 0. The maximum absolute atomic E-state index is 13.4. The normalized spacial score (nSPS) is 14.4. The molecule has 0 radical (unpaired) electrons. The molecule has 1 aliphatic rings. The number of halogens is 3. The number of fused-ring (bicyclic) bond motifs is 1. The van der Waals surface area contributed by atoms with E-state index in [1.165, 1.54) is 0 Å². The molecule has 0 atom stereocenters. The maximum Gasteiger partial charge on any atom is 0.416 e. The average molecular weight is 536 g/mol. The Hall–Kier alpha value is -4.67. The number of aromatic nitrogens is 2. The largest absolute Gasteiger partial charge is 0.481 e. The Morgan fingerprint density at radius 3 is 2.26 bits per heavy atom. The summed E-state index contributed by atoms with van der Waals surface area (Å²) in [5, 5.41) is 12.3. The van der Waals surface area contributed by atoms with Crippen molar-refractivity contribution < 1.29 is 27.9 Å². The van der Waals surface area contributed by atoms with Gasteiger partial charge in [0.2, 0.25) is 0 Å². The van der Waals surface area contributed by atoms with Crippen molar-refractivity contribution >= 4 is 40.1 Å². The molecule has 39 heavy (non-hydrogen) atoms. The minimum atomic E-state index is -4.58. The van der Waals surface area contributed by atoms with Crippen molar-refractivity contribution in [1.29, 1.82) is 0 Å². The van der Waals surface area contributed by atoms with Gasteiger partial charge in [-0.3, -0.25) is 9.59 Å². The monoisotopic (exact) mass is 535 g/mol. The second-order valence-corrected chi connectivity index (χ2v) is 9.32. The number of piperidine rings is 1. The van der Waals surface area contributed by atoms with E-state index in [0.717, 1.165) is 12.1 Å².